The molecule has 0 fully saturated rings. The highest BCUT2D eigenvalue weighted by atomic mass is 16.5. The Bertz CT molecular complexity index is 841. The van der Waals surface area contributed by atoms with Crippen LogP contribution in [0.1, 0.15) is 11.1 Å². The van der Waals surface area contributed by atoms with Crippen LogP contribution < -0.4 is 9.47 Å². The summed E-state index contributed by atoms with van der Waals surface area (Å²) < 4.78 is 11.5. The van der Waals surface area contributed by atoms with Crippen LogP contribution in [-0.2, 0) is 0 Å². The summed E-state index contributed by atoms with van der Waals surface area (Å²) in [4.78, 5) is 0. The van der Waals surface area contributed by atoms with Gasteiger partial charge in [0.1, 0.15) is 24.7 Å². The average molecular weight is 321 g/mol. The molecule has 0 unspecified atom stereocenters. The predicted molar refractivity (Wildman–Crippen MR) is 95.5 cm³/mol. The Labute approximate surface area is 141 Å². The fourth-order valence-corrected chi connectivity index (χ4v) is 2.54. The van der Waals surface area contributed by atoms with Crippen molar-refractivity contribution >= 4 is 17.0 Å². The van der Waals surface area contributed by atoms with Gasteiger partial charge in [-0.25, -0.2) is 0 Å². The van der Waals surface area contributed by atoms with E-state index in [1.165, 1.54) is 11.8 Å². The van der Waals surface area contributed by atoms with Crippen LogP contribution in [0, 0.1) is 6.92 Å². The topological polar surface area (TPSA) is 51.0 Å². The van der Waals surface area contributed by atoms with Crippen molar-refractivity contribution in [1.82, 2.24) is 0 Å². The summed E-state index contributed by atoms with van der Waals surface area (Å²) in [6.45, 7) is 2.88. The average Bonchev–Trinajstić information content (AvgIpc) is 2.62. The third kappa shape index (κ3) is 3.66. The molecule has 0 aliphatic carbocycles. The second-order valence-corrected chi connectivity index (χ2v) is 5.45. The van der Waals surface area contributed by atoms with E-state index in [9.17, 15) is 0 Å². The van der Waals surface area contributed by atoms with Crippen LogP contribution in [-0.4, -0.2) is 24.6 Å². The predicted octanol–water partition coefficient (Wildman–Crippen LogP) is 4.41. The van der Waals surface area contributed by atoms with Crippen LogP contribution >= 0.6 is 0 Å². The van der Waals surface area contributed by atoms with E-state index >= 15 is 0 Å². The molecular formula is C20H19NO3. The van der Waals surface area contributed by atoms with Crippen LogP contribution in [0.4, 0.5) is 0 Å². The van der Waals surface area contributed by atoms with Crippen molar-refractivity contribution in [3.05, 3.63) is 71.8 Å². The van der Waals surface area contributed by atoms with Crippen molar-refractivity contribution < 1.29 is 14.7 Å². The third-order valence-corrected chi connectivity index (χ3v) is 3.75. The van der Waals surface area contributed by atoms with Gasteiger partial charge in [-0.1, -0.05) is 53.2 Å². The van der Waals surface area contributed by atoms with Gasteiger partial charge in [0.2, 0.25) is 0 Å². The summed E-state index contributed by atoms with van der Waals surface area (Å²) in [7, 11) is 0. The third-order valence-electron chi connectivity index (χ3n) is 3.75. The molecule has 0 aliphatic rings. The Kier molecular flexibility index (Phi) is 4.96. The number of hydrogen-bond acceptors (Lipinski definition) is 4. The number of rotatable bonds is 6. The molecule has 4 heteroatoms. The van der Waals surface area contributed by atoms with Crippen molar-refractivity contribution in [2.75, 3.05) is 13.2 Å². The minimum atomic E-state index is 0.401. The highest BCUT2D eigenvalue weighted by Crippen LogP contribution is 2.26. The van der Waals surface area contributed by atoms with E-state index in [0.29, 0.717) is 19.0 Å². The van der Waals surface area contributed by atoms with E-state index in [0.717, 1.165) is 22.1 Å². The van der Waals surface area contributed by atoms with E-state index in [1.807, 2.05) is 67.6 Å². The summed E-state index contributed by atoms with van der Waals surface area (Å²) >= 11 is 0. The molecule has 0 amide bonds. The lowest BCUT2D eigenvalue weighted by Gasteiger charge is -2.12. The number of fused-ring (bicyclic) bond motifs is 1. The summed E-state index contributed by atoms with van der Waals surface area (Å²) in [5, 5.41) is 14.1. The van der Waals surface area contributed by atoms with Crippen molar-refractivity contribution in [2.24, 2.45) is 5.16 Å². The monoisotopic (exact) mass is 321 g/mol. The van der Waals surface area contributed by atoms with Gasteiger partial charge in [0.05, 0.1) is 6.21 Å². The number of nitrogens with zero attached hydrogens (tertiary/aromatic N) is 1. The number of benzene rings is 3. The molecule has 0 aromatic heterocycles. The number of hydrogen-bond donors (Lipinski definition) is 1. The molecule has 0 saturated carbocycles. The van der Waals surface area contributed by atoms with Crippen LogP contribution in [0.15, 0.2) is 65.8 Å². The second kappa shape index (κ2) is 7.51. The molecule has 0 saturated heterocycles. The van der Waals surface area contributed by atoms with Gasteiger partial charge in [-0.3, -0.25) is 0 Å². The maximum atomic E-state index is 8.94. The minimum absolute atomic E-state index is 0.401. The molecule has 0 atom stereocenters. The summed E-state index contributed by atoms with van der Waals surface area (Å²) in [5.74, 6) is 1.49. The molecular weight excluding hydrogens is 302 g/mol. The maximum absolute atomic E-state index is 8.94. The molecule has 122 valence electrons. The molecule has 3 rings (SSSR count). The molecule has 1 N–H and O–H groups in total. The first kappa shape index (κ1) is 15.9. The normalized spacial score (nSPS) is 11.0. The van der Waals surface area contributed by atoms with Crippen molar-refractivity contribution in [3.8, 4) is 11.5 Å². The lowest BCUT2D eigenvalue weighted by atomic mass is 10.0. The van der Waals surface area contributed by atoms with Gasteiger partial charge in [0.15, 0.2) is 0 Å². The van der Waals surface area contributed by atoms with E-state index < -0.39 is 0 Å². The summed E-state index contributed by atoms with van der Waals surface area (Å²) in [5.41, 5.74) is 1.95. The summed E-state index contributed by atoms with van der Waals surface area (Å²) in [6.07, 6.45) is 1.40. The largest absolute Gasteiger partial charge is 0.490 e. The van der Waals surface area contributed by atoms with E-state index in [1.54, 1.807) is 0 Å². The van der Waals surface area contributed by atoms with Crippen molar-refractivity contribution in [3.63, 3.8) is 0 Å². The molecule has 4 nitrogen and oxygen atoms in total. The van der Waals surface area contributed by atoms with Gasteiger partial charge in [0, 0.05) is 5.56 Å². The minimum Gasteiger partial charge on any atom is -0.490 e. The molecule has 0 bridgehead atoms. The molecule has 24 heavy (non-hydrogen) atoms. The molecule has 0 aliphatic heterocycles. The van der Waals surface area contributed by atoms with Crippen molar-refractivity contribution in [1.29, 1.82) is 0 Å². The van der Waals surface area contributed by atoms with Crippen LogP contribution in [0.3, 0.4) is 0 Å². The fraction of sp³-hybridized carbons (Fsp3) is 0.150. The Morgan fingerprint density at radius 2 is 1.67 bits per heavy atom. The Hall–Kier alpha value is -3.01. The van der Waals surface area contributed by atoms with Gasteiger partial charge in [0.25, 0.3) is 0 Å². The maximum Gasteiger partial charge on any atom is 0.129 e. The highest BCUT2D eigenvalue weighted by Gasteiger charge is 2.07. The number of oxime groups is 1. The zero-order valence-corrected chi connectivity index (χ0v) is 13.5. The lowest BCUT2D eigenvalue weighted by Crippen LogP contribution is -2.10. The summed E-state index contributed by atoms with van der Waals surface area (Å²) in [6, 6.07) is 19.7. The SMILES string of the molecule is Cc1ccc(OCCOc2ccc3ccccc3c2C=NO)cc1. The van der Waals surface area contributed by atoms with E-state index in [4.69, 9.17) is 14.7 Å². The van der Waals surface area contributed by atoms with Gasteiger partial charge in [-0.15, -0.1) is 0 Å². The first-order valence-corrected chi connectivity index (χ1v) is 7.79. The molecule has 3 aromatic carbocycles. The zero-order valence-electron chi connectivity index (χ0n) is 13.5. The second-order valence-electron chi connectivity index (χ2n) is 5.45. The van der Waals surface area contributed by atoms with E-state index in [-0.39, 0.29) is 0 Å². The zero-order chi connectivity index (χ0) is 16.8. The Morgan fingerprint density at radius 3 is 2.46 bits per heavy atom. The van der Waals surface area contributed by atoms with Gasteiger partial charge >= 0.3 is 0 Å². The smallest absolute Gasteiger partial charge is 0.129 e. The van der Waals surface area contributed by atoms with Crippen molar-refractivity contribution in [2.45, 2.75) is 6.92 Å². The molecule has 3 aromatic rings. The number of aryl methyl sites for hydroxylation is 1. The molecule has 0 radical (unpaired) electrons. The van der Waals surface area contributed by atoms with Crippen LogP contribution in [0.2, 0.25) is 0 Å². The van der Waals surface area contributed by atoms with Gasteiger partial charge < -0.3 is 14.7 Å². The Balaban J connectivity index is 1.68. The highest BCUT2D eigenvalue weighted by molar-refractivity contribution is 6.02. The quantitative estimate of drug-likeness (QED) is 0.316. The first-order valence-electron chi connectivity index (χ1n) is 7.79. The fourth-order valence-electron chi connectivity index (χ4n) is 2.54. The Morgan fingerprint density at radius 1 is 0.917 bits per heavy atom. The molecule has 0 spiro atoms. The van der Waals surface area contributed by atoms with Crippen LogP contribution in [0.25, 0.3) is 10.8 Å². The lowest BCUT2D eigenvalue weighted by molar-refractivity contribution is 0.217. The van der Waals surface area contributed by atoms with E-state index in [2.05, 4.69) is 5.16 Å². The first-order chi connectivity index (χ1) is 11.8. The number of ether oxygens (including phenoxy) is 2. The van der Waals surface area contributed by atoms with Gasteiger partial charge in [-0.05, 0) is 35.9 Å². The van der Waals surface area contributed by atoms with Gasteiger partial charge in [-0.2, -0.15) is 0 Å². The van der Waals surface area contributed by atoms with Crippen LogP contribution in [0.5, 0.6) is 11.5 Å². The standard InChI is InChI=1S/C20H19NO3/c1-15-6-9-17(10-7-15)23-12-13-24-20-11-8-16-4-2-3-5-18(16)19(20)14-21-22/h2-11,14,22H,12-13H2,1H3. The molecule has 0 heterocycles.